The van der Waals surface area contributed by atoms with Gasteiger partial charge in [-0.2, -0.15) is 0 Å². The third-order valence-corrected chi connectivity index (χ3v) is 5.66. The number of nitrogens with one attached hydrogen (secondary N) is 2. The van der Waals surface area contributed by atoms with E-state index in [4.69, 9.17) is 35.3 Å². The standard InChI is InChI=1S/C19H40N6O8S/c20-5-2-1-4-18(19(26)27)24-34(28,29)17-8-22-6-3-9-30-11-13-32-15-16-33-14-12-31-10-7-23-25-21/h18,22,24H,1-17,20H2,(H,26,27)/t18-/m0/s1. The second-order valence-electron chi connectivity index (χ2n) is 7.12. The van der Waals surface area contributed by atoms with Crippen molar-refractivity contribution in [2.45, 2.75) is 31.7 Å². The first-order chi connectivity index (χ1) is 16.4. The highest BCUT2D eigenvalue weighted by Crippen LogP contribution is 2.02. The molecule has 0 saturated heterocycles. The van der Waals surface area contributed by atoms with Crippen LogP contribution in [0.15, 0.2) is 5.11 Å². The van der Waals surface area contributed by atoms with Gasteiger partial charge in [0, 0.05) is 24.6 Å². The van der Waals surface area contributed by atoms with Gasteiger partial charge in [-0.05, 0) is 37.9 Å². The van der Waals surface area contributed by atoms with E-state index in [2.05, 4.69) is 20.1 Å². The summed E-state index contributed by atoms with van der Waals surface area (Å²) < 4.78 is 47.7. The minimum Gasteiger partial charge on any atom is -0.480 e. The van der Waals surface area contributed by atoms with E-state index in [9.17, 15) is 13.2 Å². The number of carboxylic acids is 1. The normalized spacial score (nSPS) is 12.4. The number of unbranched alkanes of at least 4 members (excludes halogenated alkanes) is 1. The van der Waals surface area contributed by atoms with Gasteiger partial charge in [0.2, 0.25) is 10.0 Å². The molecule has 0 spiro atoms. The maximum Gasteiger partial charge on any atom is 0.321 e. The molecule has 0 saturated carbocycles. The van der Waals surface area contributed by atoms with Gasteiger partial charge < -0.3 is 35.1 Å². The van der Waals surface area contributed by atoms with E-state index in [-0.39, 0.29) is 18.7 Å². The van der Waals surface area contributed by atoms with Gasteiger partial charge in [-0.1, -0.05) is 11.5 Å². The van der Waals surface area contributed by atoms with E-state index < -0.39 is 22.0 Å². The number of carbonyl (C=O) groups is 1. The zero-order valence-corrected chi connectivity index (χ0v) is 20.5. The highest BCUT2D eigenvalue weighted by Gasteiger charge is 2.23. The highest BCUT2D eigenvalue weighted by atomic mass is 32.2. The summed E-state index contributed by atoms with van der Waals surface area (Å²) in [6.45, 7) is 5.07. The SMILES string of the molecule is [N-]=[N+]=NCCOCCOCCOCCOCCCNCCS(=O)(=O)N[C@@H](CCCCN)C(=O)O. The summed E-state index contributed by atoms with van der Waals surface area (Å²) in [5.74, 6) is -1.39. The molecule has 200 valence electrons. The number of carboxylic acid groups (broad SMARTS) is 1. The molecule has 0 heterocycles. The molecule has 0 bridgehead atoms. The summed E-state index contributed by atoms with van der Waals surface area (Å²) >= 11 is 0. The lowest BCUT2D eigenvalue weighted by atomic mass is 10.1. The van der Waals surface area contributed by atoms with Gasteiger partial charge >= 0.3 is 5.97 Å². The van der Waals surface area contributed by atoms with Gasteiger partial charge in [-0.3, -0.25) is 4.79 Å². The van der Waals surface area contributed by atoms with Gasteiger partial charge in [0.15, 0.2) is 0 Å². The number of aliphatic carboxylic acids is 1. The van der Waals surface area contributed by atoms with Gasteiger partial charge in [0.05, 0.1) is 52.0 Å². The molecule has 5 N–H and O–H groups in total. The first kappa shape index (κ1) is 32.5. The molecule has 0 unspecified atom stereocenters. The van der Waals surface area contributed by atoms with Crippen molar-refractivity contribution in [3.05, 3.63) is 10.4 Å². The molecule has 14 nitrogen and oxygen atoms in total. The third-order valence-electron chi connectivity index (χ3n) is 4.27. The molecule has 34 heavy (non-hydrogen) atoms. The van der Waals surface area contributed by atoms with E-state index >= 15 is 0 Å². The van der Waals surface area contributed by atoms with Gasteiger partial charge in [-0.25, -0.2) is 13.1 Å². The van der Waals surface area contributed by atoms with Gasteiger partial charge in [0.1, 0.15) is 6.04 Å². The van der Waals surface area contributed by atoms with Crippen LogP contribution in [-0.2, 0) is 33.8 Å². The predicted octanol–water partition coefficient (Wildman–Crippen LogP) is -0.156. The predicted molar refractivity (Wildman–Crippen MR) is 126 cm³/mol. The molecule has 0 aliphatic rings. The molecule has 0 aromatic rings. The lowest BCUT2D eigenvalue weighted by Crippen LogP contribution is -2.43. The average Bonchev–Trinajstić information content (AvgIpc) is 2.80. The third kappa shape index (κ3) is 22.3. The van der Waals surface area contributed by atoms with Crippen LogP contribution in [0.1, 0.15) is 25.7 Å². The fraction of sp³-hybridized carbons (Fsp3) is 0.947. The Bertz CT molecular complexity index is 649. The molecule has 0 rings (SSSR count). The Kier molecular flexibility index (Phi) is 22.1. The maximum atomic E-state index is 12.1. The first-order valence-corrected chi connectivity index (χ1v) is 13.0. The van der Waals surface area contributed by atoms with Crippen LogP contribution in [0.2, 0.25) is 0 Å². The Morgan fingerprint density at radius 2 is 1.53 bits per heavy atom. The molecule has 0 aromatic heterocycles. The zero-order valence-electron chi connectivity index (χ0n) is 19.7. The Labute approximate surface area is 201 Å². The lowest BCUT2D eigenvalue weighted by Gasteiger charge is -2.14. The average molecular weight is 513 g/mol. The molecule has 15 heteroatoms. The quantitative estimate of drug-likeness (QED) is 0.0521. The summed E-state index contributed by atoms with van der Waals surface area (Å²) in [7, 11) is -3.69. The maximum absolute atomic E-state index is 12.1. The molecule has 0 radical (unpaired) electrons. The van der Waals surface area contributed by atoms with Crippen molar-refractivity contribution in [3.63, 3.8) is 0 Å². The van der Waals surface area contributed by atoms with Crippen LogP contribution >= 0.6 is 0 Å². The summed E-state index contributed by atoms with van der Waals surface area (Å²) in [6, 6.07) is -1.13. The van der Waals surface area contributed by atoms with Crippen molar-refractivity contribution in [2.75, 3.05) is 84.8 Å². The van der Waals surface area contributed by atoms with Crippen LogP contribution in [0.25, 0.3) is 10.4 Å². The van der Waals surface area contributed by atoms with Gasteiger partial charge in [0.25, 0.3) is 0 Å². The Hall–Kier alpha value is -1.55. The largest absolute Gasteiger partial charge is 0.480 e. The van der Waals surface area contributed by atoms with Crippen LogP contribution in [0.5, 0.6) is 0 Å². The molecular weight excluding hydrogens is 472 g/mol. The number of rotatable bonds is 26. The van der Waals surface area contributed by atoms with Crippen LogP contribution in [-0.4, -0.2) is 110 Å². The van der Waals surface area contributed by atoms with E-state index in [1.807, 2.05) is 0 Å². The molecule has 0 fully saturated rings. The van der Waals surface area contributed by atoms with Crippen LogP contribution in [0.4, 0.5) is 0 Å². The molecule has 0 aliphatic carbocycles. The smallest absolute Gasteiger partial charge is 0.321 e. The number of hydrogen-bond donors (Lipinski definition) is 4. The number of nitrogens with zero attached hydrogens (tertiary/aromatic N) is 3. The van der Waals surface area contributed by atoms with Crippen molar-refractivity contribution in [2.24, 2.45) is 10.8 Å². The second-order valence-corrected chi connectivity index (χ2v) is 8.99. The van der Waals surface area contributed by atoms with Crippen LogP contribution < -0.4 is 15.8 Å². The van der Waals surface area contributed by atoms with E-state index in [1.165, 1.54) is 0 Å². The number of azide groups is 1. The number of hydrogen-bond acceptors (Lipinski definition) is 10. The topological polar surface area (TPSA) is 207 Å². The minimum atomic E-state index is -3.69. The van der Waals surface area contributed by atoms with E-state index in [0.29, 0.717) is 91.8 Å². The molecule has 0 aromatic carbocycles. The lowest BCUT2D eigenvalue weighted by molar-refractivity contribution is -0.139. The summed E-state index contributed by atoms with van der Waals surface area (Å²) in [5, 5.41) is 15.5. The molecule has 0 aliphatic heterocycles. The fourth-order valence-corrected chi connectivity index (χ4v) is 3.73. The van der Waals surface area contributed by atoms with Crippen molar-refractivity contribution in [1.82, 2.24) is 10.0 Å². The molecule has 1 atom stereocenters. The van der Waals surface area contributed by atoms with Crippen molar-refractivity contribution >= 4 is 16.0 Å². The first-order valence-electron chi connectivity index (χ1n) is 11.4. The summed E-state index contributed by atoms with van der Waals surface area (Å²) in [4.78, 5) is 13.8. The van der Waals surface area contributed by atoms with Crippen molar-refractivity contribution in [1.29, 1.82) is 0 Å². The molecule has 0 amide bonds. The zero-order chi connectivity index (χ0) is 25.3. The van der Waals surface area contributed by atoms with E-state index in [1.54, 1.807) is 0 Å². The Balaban J connectivity index is 3.50. The summed E-state index contributed by atoms with van der Waals surface area (Å²) in [5.41, 5.74) is 13.5. The number of sulfonamides is 1. The van der Waals surface area contributed by atoms with E-state index in [0.717, 1.165) is 0 Å². The van der Waals surface area contributed by atoms with Crippen LogP contribution in [0.3, 0.4) is 0 Å². The van der Waals surface area contributed by atoms with Crippen molar-refractivity contribution < 1.29 is 37.3 Å². The monoisotopic (exact) mass is 512 g/mol. The second kappa shape index (κ2) is 23.2. The Morgan fingerprint density at radius 3 is 2.09 bits per heavy atom. The fourth-order valence-electron chi connectivity index (χ4n) is 2.54. The van der Waals surface area contributed by atoms with Crippen LogP contribution in [0, 0.1) is 0 Å². The molecular formula is C19H40N6O8S. The minimum absolute atomic E-state index is 0.202. The van der Waals surface area contributed by atoms with Gasteiger partial charge in [-0.15, -0.1) is 0 Å². The number of nitrogens with two attached hydrogens (primary N) is 1. The summed E-state index contributed by atoms with van der Waals surface area (Å²) in [6.07, 6.45) is 2.11. The Morgan fingerprint density at radius 1 is 0.941 bits per heavy atom. The van der Waals surface area contributed by atoms with Crippen molar-refractivity contribution in [3.8, 4) is 0 Å². The highest BCUT2D eigenvalue weighted by molar-refractivity contribution is 7.89. The number of ether oxygens (including phenoxy) is 4.